The van der Waals surface area contributed by atoms with Crippen molar-refractivity contribution in [3.8, 4) is 0 Å². The second-order valence-electron chi connectivity index (χ2n) is 10.2. The molecule has 1 aromatic heterocycles. The molecule has 0 bridgehead atoms. The minimum absolute atomic E-state index is 0.00237. The van der Waals surface area contributed by atoms with Gasteiger partial charge in [-0.15, -0.1) is 0 Å². The normalized spacial score (nSPS) is 21.2. The smallest absolute Gasteiger partial charge is 0.410 e. The summed E-state index contributed by atoms with van der Waals surface area (Å²) in [5.74, 6) is -0.372. The number of nitrogens with one attached hydrogen (secondary N) is 1. The van der Waals surface area contributed by atoms with E-state index >= 15 is 0 Å². The molecule has 31 heavy (non-hydrogen) atoms. The molecule has 8 heteroatoms. The van der Waals surface area contributed by atoms with Gasteiger partial charge in [-0.25, -0.2) is 9.18 Å². The molecule has 1 aliphatic carbocycles. The van der Waals surface area contributed by atoms with Gasteiger partial charge in [0.1, 0.15) is 11.4 Å². The molecule has 5 rings (SSSR count). The number of hydrogen-bond donors (Lipinski definition) is 1. The lowest BCUT2D eigenvalue weighted by Crippen LogP contribution is -2.58. The van der Waals surface area contributed by atoms with E-state index in [-0.39, 0.29) is 23.2 Å². The van der Waals surface area contributed by atoms with Gasteiger partial charge in [-0.3, -0.25) is 9.78 Å². The van der Waals surface area contributed by atoms with Crippen LogP contribution >= 0.6 is 15.9 Å². The van der Waals surface area contributed by atoms with Crippen LogP contribution in [0.15, 0.2) is 22.8 Å². The molecular weight excluding hydrogens is 465 g/mol. The van der Waals surface area contributed by atoms with E-state index in [9.17, 15) is 14.0 Å². The molecule has 1 saturated heterocycles. The second-order valence-corrected chi connectivity index (χ2v) is 11.0. The van der Waals surface area contributed by atoms with Crippen molar-refractivity contribution in [3.63, 3.8) is 0 Å². The number of halogens is 2. The summed E-state index contributed by atoms with van der Waals surface area (Å²) in [6.45, 7) is 6.86. The number of anilines is 1. The Bertz CT molecular complexity index is 1110. The molecular formula is C23H25BrFN3O3. The van der Waals surface area contributed by atoms with Gasteiger partial charge in [0.2, 0.25) is 5.91 Å². The Morgan fingerprint density at radius 2 is 1.94 bits per heavy atom. The van der Waals surface area contributed by atoms with Gasteiger partial charge < -0.3 is 15.0 Å². The molecule has 1 saturated carbocycles. The third-order valence-electron chi connectivity index (χ3n) is 6.90. The standard InChI is InChI=1S/C23H25BrFN3O3/c1-21(2,3)31-20(30)28-6-4-22(5-7-28)11-23(12-22)18-13-8-14(24)15(25)9-16(13)26-10-17(18)27-19(23)29/h8-10H,4-7,11-12H2,1-3H3,(H,27,29). The summed E-state index contributed by atoms with van der Waals surface area (Å²) in [7, 11) is 0. The first-order valence-corrected chi connectivity index (χ1v) is 11.4. The van der Waals surface area contributed by atoms with Gasteiger partial charge in [-0.05, 0) is 73.9 Å². The number of carbonyl (C=O) groups is 2. The SMILES string of the molecule is CC(C)(C)OC(=O)N1CCC2(CC1)CC1(C2)C(=O)Nc2cnc3cc(F)c(Br)cc3c21. The number of piperidine rings is 1. The zero-order valence-corrected chi connectivity index (χ0v) is 19.4. The average molecular weight is 490 g/mol. The van der Waals surface area contributed by atoms with Crippen LogP contribution in [0.3, 0.4) is 0 Å². The summed E-state index contributed by atoms with van der Waals surface area (Å²) in [5.41, 5.74) is 1.12. The van der Waals surface area contributed by atoms with Gasteiger partial charge in [0.25, 0.3) is 0 Å². The largest absolute Gasteiger partial charge is 0.444 e. The number of carbonyl (C=O) groups excluding carboxylic acids is 2. The number of benzene rings is 1. The van der Waals surface area contributed by atoms with Gasteiger partial charge in [-0.2, -0.15) is 0 Å². The maximum Gasteiger partial charge on any atom is 0.410 e. The van der Waals surface area contributed by atoms with Crippen LogP contribution in [-0.4, -0.2) is 40.6 Å². The summed E-state index contributed by atoms with van der Waals surface area (Å²) >= 11 is 3.27. The number of likely N-dealkylation sites (tertiary alicyclic amines) is 1. The molecule has 3 heterocycles. The maximum atomic E-state index is 14.0. The Morgan fingerprint density at radius 1 is 1.26 bits per heavy atom. The van der Waals surface area contributed by atoms with Crippen LogP contribution in [0, 0.1) is 11.2 Å². The molecule has 0 unspecified atom stereocenters. The first-order chi connectivity index (χ1) is 14.5. The molecule has 2 aromatic rings. The van der Waals surface area contributed by atoms with E-state index in [2.05, 4.69) is 26.2 Å². The Labute approximate surface area is 188 Å². The van der Waals surface area contributed by atoms with Crippen molar-refractivity contribution < 1.29 is 18.7 Å². The number of amides is 2. The van der Waals surface area contributed by atoms with Crippen molar-refractivity contribution in [3.05, 3.63) is 34.2 Å². The van der Waals surface area contributed by atoms with E-state index in [4.69, 9.17) is 4.74 Å². The van der Waals surface area contributed by atoms with E-state index in [0.29, 0.717) is 23.1 Å². The lowest BCUT2D eigenvalue weighted by atomic mass is 9.47. The Kier molecular flexibility index (Phi) is 4.43. The van der Waals surface area contributed by atoms with Crippen molar-refractivity contribution in [1.82, 2.24) is 9.88 Å². The maximum absolute atomic E-state index is 14.0. The zero-order valence-electron chi connectivity index (χ0n) is 17.8. The number of ether oxygens (including phenoxy) is 1. The number of rotatable bonds is 0. The van der Waals surface area contributed by atoms with Crippen LogP contribution < -0.4 is 5.32 Å². The van der Waals surface area contributed by atoms with Crippen LogP contribution in [0.2, 0.25) is 0 Å². The van der Waals surface area contributed by atoms with Crippen LogP contribution in [0.25, 0.3) is 10.9 Å². The van der Waals surface area contributed by atoms with E-state index in [1.54, 1.807) is 17.2 Å². The third kappa shape index (κ3) is 3.22. The van der Waals surface area contributed by atoms with Gasteiger partial charge in [0, 0.05) is 30.1 Å². The molecule has 1 aromatic carbocycles. The number of aromatic nitrogens is 1. The molecule has 164 valence electrons. The van der Waals surface area contributed by atoms with Crippen molar-refractivity contribution in [1.29, 1.82) is 0 Å². The highest BCUT2D eigenvalue weighted by Gasteiger charge is 2.63. The lowest BCUT2D eigenvalue weighted by molar-refractivity contribution is -0.132. The first kappa shape index (κ1) is 20.7. The van der Waals surface area contributed by atoms with E-state index in [1.807, 2.05) is 20.8 Å². The Balaban J connectivity index is 1.39. The van der Waals surface area contributed by atoms with Gasteiger partial charge in [0.15, 0.2) is 0 Å². The molecule has 3 aliphatic rings. The minimum atomic E-state index is -0.609. The fourth-order valence-corrected chi connectivity index (χ4v) is 5.91. The minimum Gasteiger partial charge on any atom is -0.444 e. The van der Waals surface area contributed by atoms with E-state index in [1.165, 1.54) is 6.07 Å². The topological polar surface area (TPSA) is 71.5 Å². The van der Waals surface area contributed by atoms with Crippen LogP contribution in [-0.2, 0) is 14.9 Å². The molecule has 1 N–H and O–H groups in total. The summed E-state index contributed by atoms with van der Waals surface area (Å²) in [6, 6.07) is 3.14. The van der Waals surface area contributed by atoms with Crippen LogP contribution in [0.5, 0.6) is 0 Å². The molecule has 2 fully saturated rings. The zero-order chi connectivity index (χ0) is 22.2. The van der Waals surface area contributed by atoms with Crippen molar-refractivity contribution in [2.24, 2.45) is 5.41 Å². The van der Waals surface area contributed by atoms with E-state index < -0.39 is 11.0 Å². The van der Waals surface area contributed by atoms with Crippen molar-refractivity contribution in [2.75, 3.05) is 18.4 Å². The average Bonchev–Trinajstić information content (AvgIpc) is 2.94. The molecule has 2 spiro atoms. The van der Waals surface area contributed by atoms with Crippen molar-refractivity contribution in [2.45, 2.75) is 57.5 Å². The summed E-state index contributed by atoms with van der Waals surface area (Å²) in [5, 5.41) is 3.81. The fraction of sp³-hybridized carbons (Fsp3) is 0.522. The number of fused-ring (bicyclic) bond motifs is 4. The highest BCUT2D eigenvalue weighted by atomic mass is 79.9. The Hall–Kier alpha value is -2.22. The predicted molar refractivity (Wildman–Crippen MR) is 118 cm³/mol. The molecule has 0 radical (unpaired) electrons. The number of hydrogen-bond acceptors (Lipinski definition) is 4. The molecule has 2 aliphatic heterocycles. The monoisotopic (exact) mass is 489 g/mol. The summed E-state index contributed by atoms with van der Waals surface area (Å²) < 4.78 is 19.9. The highest BCUT2D eigenvalue weighted by molar-refractivity contribution is 9.10. The lowest BCUT2D eigenvalue weighted by Gasteiger charge is -2.56. The van der Waals surface area contributed by atoms with Gasteiger partial charge in [0.05, 0.1) is 27.3 Å². The highest BCUT2D eigenvalue weighted by Crippen LogP contribution is 2.64. The molecule has 6 nitrogen and oxygen atoms in total. The fourth-order valence-electron chi connectivity index (χ4n) is 5.56. The van der Waals surface area contributed by atoms with E-state index in [0.717, 1.165) is 42.3 Å². The predicted octanol–water partition coefficient (Wildman–Crippen LogP) is 5.14. The quantitative estimate of drug-likeness (QED) is 0.556. The molecule has 2 amide bonds. The third-order valence-corrected chi connectivity index (χ3v) is 7.51. The number of nitrogens with zero attached hydrogens (tertiary/aromatic N) is 2. The van der Waals surface area contributed by atoms with Crippen LogP contribution in [0.4, 0.5) is 14.9 Å². The van der Waals surface area contributed by atoms with Gasteiger partial charge in [-0.1, -0.05) is 0 Å². The summed E-state index contributed by atoms with van der Waals surface area (Å²) in [4.78, 5) is 31.6. The van der Waals surface area contributed by atoms with Crippen molar-refractivity contribution >= 4 is 44.5 Å². The molecule has 0 atom stereocenters. The van der Waals surface area contributed by atoms with Crippen LogP contribution in [0.1, 0.15) is 52.0 Å². The first-order valence-electron chi connectivity index (χ1n) is 10.6. The second kappa shape index (κ2) is 6.64. The van der Waals surface area contributed by atoms with Gasteiger partial charge >= 0.3 is 6.09 Å². The Morgan fingerprint density at radius 3 is 2.58 bits per heavy atom. The summed E-state index contributed by atoms with van der Waals surface area (Å²) in [6.07, 6.45) is 4.51. The number of pyridine rings is 1.